The fourth-order valence-electron chi connectivity index (χ4n) is 3.79. The summed E-state index contributed by atoms with van der Waals surface area (Å²) in [4.78, 5) is 16.5. The third kappa shape index (κ3) is 5.37. The number of aromatic amines is 1. The van der Waals surface area contributed by atoms with Gasteiger partial charge in [0.2, 0.25) is 10.0 Å². The maximum absolute atomic E-state index is 12.4. The lowest BCUT2D eigenvalue weighted by atomic mass is 9.91. The van der Waals surface area contributed by atoms with Crippen LogP contribution in [0.25, 0.3) is 11.2 Å². The number of anilines is 1. The van der Waals surface area contributed by atoms with Crippen LogP contribution in [0.1, 0.15) is 36.2 Å². The highest BCUT2D eigenvalue weighted by Gasteiger charge is 2.20. The van der Waals surface area contributed by atoms with Gasteiger partial charge in [0.05, 0.1) is 18.6 Å². The summed E-state index contributed by atoms with van der Waals surface area (Å²) in [5, 5.41) is 3.46. The van der Waals surface area contributed by atoms with Crippen molar-refractivity contribution in [3.63, 3.8) is 0 Å². The third-order valence-corrected chi connectivity index (χ3v) is 7.51. The molecule has 33 heavy (non-hydrogen) atoms. The smallest absolute Gasteiger partial charge is 0.214 e. The number of hydrogen-bond donors (Lipinski definition) is 2. The van der Waals surface area contributed by atoms with E-state index in [0.29, 0.717) is 35.8 Å². The lowest BCUT2D eigenvalue weighted by Gasteiger charge is -2.20. The van der Waals surface area contributed by atoms with Crippen LogP contribution in [0.3, 0.4) is 0 Å². The van der Waals surface area contributed by atoms with E-state index in [9.17, 15) is 8.42 Å². The van der Waals surface area contributed by atoms with Gasteiger partial charge in [-0.3, -0.25) is 0 Å². The lowest BCUT2D eigenvalue weighted by molar-refractivity contribution is 0.456. The molecule has 2 heterocycles. The van der Waals surface area contributed by atoms with Gasteiger partial charge in [0.25, 0.3) is 0 Å². The summed E-state index contributed by atoms with van der Waals surface area (Å²) in [7, 11) is -1.80. The van der Waals surface area contributed by atoms with Crippen LogP contribution >= 0.6 is 0 Å². The van der Waals surface area contributed by atoms with Crippen LogP contribution in [-0.4, -0.2) is 52.0 Å². The first kappa shape index (κ1) is 22.9. The van der Waals surface area contributed by atoms with Crippen molar-refractivity contribution in [2.45, 2.75) is 25.8 Å². The Morgan fingerprint density at radius 1 is 1.00 bits per heavy atom. The van der Waals surface area contributed by atoms with Crippen LogP contribution in [-0.2, 0) is 16.6 Å². The molecule has 8 nitrogen and oxygen atoms in total. The Balaban J connectivity index is 1.62. The molecule has 0 radical (unpaired) electrons. The maximum atomic E-state index is 12.4. The molecule has 0 fully saturated rings. The van der Waals surface area contributed by atoms with Crippen LogP contribution < -0.4 is 5.32 Å². The lowest BCUT2D eigenvalue weighted by Crippen LogP contribution is -2.29. The number of imidazole rings is 1. The number of hydrogen-bond acceptors (Lipinski definition) is 6. The van der Waals surface area contributed by atoms with Crippen molar-refractivity contribution in [1.29, 1.82) is 0 Å². The average Bonchev–Trinajstić information content (AvgIpc) is 3.29. The number of nitrogens with zero attached hydrogens (tertiary/aromatic N) is 4. The Morgan fingerprint density at radius 3 is 2.24 bits per heavy atom. The Hall–Kier alpha value is -3.30. The summed E-state index contributed by atoms with van der Waals surface area (Å²) in [6.07, 6.45) is 2.12. The van der Waals surface area contributed by atoms with Gasteiger partial charge < -0.3 is 10.3 Å². The van der Waals surface area contributed by atoms with Gasteiger partial charge in [-0.25, -0.2) is 23.4 Å². The summed E-state index contributed by atoms with van der Waals surface area (Å²) in [6, 6.07) is 20.6. The number of H-pyrrole nitrogens is 1. The highest BCUT2D eigenvalue weighted by atomic mass is 32.2. The molecule has 4 rings (SSSR count). The van der Waals surface area contributed by atoms with E-state index < -0.39 is 10.0 Å². The van der Waals surface area contributed by atoms with Crippen molar-refractivity contribution >= 4 is 27.0 Å². The molecule has 0 atom stereocenters. The molecule has 2 aromatic heterocycles. The minimum absolute atomic E-state index is 0.0839. The summed E-state index contributed by atoms with van der Waals surface area (Å²) in [6.45, 7) is 2.53. The maximum Gasteiger partial charge on any atom is 0.214 e. The molecule has 2 N–H and O–H groups in total. The van der Waals surface area contributed by atoms with Crippen molar-refractivity contribution in [1.82, 2.24) is 24.2 Å². The fourth-order valence-corrected chi connectivity index (χ4v) is 4.93. The van der Waals surface area contributed by atoms with E-state index in [1.165, 1.54) is 15.4 Å². The molecule has 0 unspecified atom stereocenters. The van der Waals surface area contributed by atoms with Gasteiger partial charge in [0, 0.05) is 19.5 Å². The van der Waals surface area contributed by atoms with E-state index in [4.69, 9.17) is 0 Å². The zero-order valence-corrected chi connectivity index (χ0v) is 19.6. The molecule has 0 spiro atoms. The predicted molar refractivity (Wildman–Crippen MR) is 130 cm³/mol. The van der Waals surface area contributed by atoms with E-state index in [-0.39, 0.29) is 18.2 Å². The number of rotatable bonds is 10. The van der Waals surface area contributed by atoms with Gasteiger partial charge in [0.15, 0.2) is 11.5 Å². The molecule has 9 heteroatoms. The molecular formula is C24H28N6O2S. The SMILES string of the molecule is CCCS(=O)(=O)N(C)Cc1nc(NCC(c2ccccc2)c2ccccc2)c2[nH]cnc2n1. The molecule has 0 bridgehead atoms. The van der Waals surface area contributed by atoms with E-state index in [1.807, 2.05) is 43.3 Å². The second-order valence-electron chi connectivity index (χ2n) is 7.92. The monoisotopic (exact) mass is 464 g/mol. The van der Waals surface area contributed by atoms with Crippen molar-refractivity contribution in [3.05, 3.63) is 83.9 Å². The topological polar surface area (TPSA) is 104 Å². The van der Waals surface area contributed by atoms with E-state index in [0.717, 1.165) is 0 Å². The molecule has 2 aromatic carbocycles. The van der Waals surface area contributed by atoms with Crippen molar-refractivity contribution in [2.24, 2.45) is 0 Å². The zero-order valence-electron chi connectivity index (χ0n) is 18.8. The van der Waals surface area contributed by atoms with Crippen LogP contribution in [0, 0.1) is 0 Å². The third-order valence-electron chi connectivity index (χ3n) is 5.51. The molecule has 4 aromatic rings. The van der Waals surface area contributed by atoms with Gasteiger partial charge in [-0.15, -0.1) is 0 Å². The molecule has 0 saturated carbocycles. The molecule has 0 amide bonds. The first-order valence-electron chi connectivity index (χ1n) is 11.0. The predicted octanol–water partition coefficient (Wildman–Crippen LogP) is 3.77. The van der Waals surface area contributed by atoms with Crippen LogP contribution in [0.5, 0.6) is 0 Å². The van der Waals surface area contributed by atoms with E-state index >= 15 is 0 Å². The van der Waals surface area contributed by atoms with Gasteiger partial charge in [0.1, 0.15) is 11.3 Å². The quantitative estimate of drug-likeness (QED) is 0.370. The molecule has 0 aliphatic heterocycles. The van der Waals surface area contributed by atoms with Crippen molar-refractivity contribution in [3.8, 4) is 0 Å². The molecular weight excluding hydrogens is 436 g/mol. The first-order valence-corrected chi connectivity index (χ1v) is 12.6. The number of aromatic nitrogens is 4. The molecule has 0 saturated heterocycles. The van der Waals surface area contributed by atoms with Crippen molar-refractivity contribution < 1.29 is 8.42 Å². The summed E-state index contributed by atoms with van der Waals surface area (Å²) in [5.74, 6) is 1.20. The van der Waals surface area contributed by atoms with E-state index in [2.05, 4.69) is 49.5 Å². The number of nitrogens with one attached hydrogen (secondary N) is 2. The van der Waals surface area contributed by atoms with Crippen LogP contribution in [0.2, 0.25) is 0 Å². The van der Waals surface area contributed by atoms with Gasteiger partial charge in [-0.2, -0.15) is 4.31 Å². The second kappa shape index (κ2) is 10.1. The number of fused-ring (bicyclic) bond motifs is 1. The molecule has 0 aliphatic carbocycles. The largest absolute Gasteiger partial charge is 0.367 e. The Kier molecular flexibility index (Phi) is 7.00. The van der Waals surface area contributed by atoms with Gasteiger partial charge in [-0.05, 0) is 17.5 Å². The summed E-state index contributed by atoms with van der Waals surface area (Å²) in [5.41, 5.74) is 3.57. The van der Waals surface area contributed by atoms with Crippen LogP contribution in [0.15, 0.2) is 67.0 Å². The van der Waals surface area contributed by atoms with Crippen molar-refractivity contribution in [2.75, 3.05) is 24.7 Å². The highest BCUT2D eigenvalue weighted by molar-refractivity contribution is 7.89. The molecule has 172 valence electrons. The Morgan fingerprint density at radius 2 is 1.64 bits per heavy atom. The van der Waals surface area contributed by atoms with Gasteiger partial charge in [-0.1, -0.05) is 67.6 Å². The zero-order chi connectivity index (χ0) is 23.3. The standard InChI is InChI=1S/C24H28N6O2S/c1-3-14-33(31,32)30(2)16-21-28-23(22-24(29-21)27-17-26-22)25-15-20(18-10-6-4-7-11-18)19-12-8-5-9-13-19/h4-13,17,20H,3,14-16H2,1-2H3,(H2,25,26,27,28,29). The number of benzene rings is 2. The average molecular weight is 465 g/mol. The highest BCUT2D eigenvalue weighted by Crippen LogP contribution is 2.26. The minimum Gasteiger partial charge on any atom is -0.367 e. The summed E-state index contributed by atoms with van der Waals surface area (Å²) < 4.78 is 26.1. The number of sulfonamides is 1. The Bertz CT molecular complexity index is 1250. The fraction of sp³-hybridized carbons (Fsp3) is 0.292. The Labute approximate surface area is 194 Å². The van der Waals surface area contributed by atoms with E-state index in [1.54, 1.807) is 13.4 Å². The molecule has 0 aliphatic rings. The van der Waals surface area contributed by atoms with Gasteiger partial charge >= 0.3 is 0 Å². The second-order valence-corrected chi connectivity index (χ2v) is 10.1. The normalized spacial score (nSPS) is 12.0. The van der Waals surface area contributed by atoms with Crippen LogP contribution in [0.4, 0.5) is 5.82 Å². The summed E-state index contributed by atoms with van der Waals surface area (Å²) >= 11 is 0. The minimum atomic E-state index is -3.35. The first-order chi connectivity index (χ1) is 16.0.